The predicted octanol–water partition coefficient (Wildman–Crippen LogP) is 5.72. The number of anilines is 1. The lowest BCUT2D eigenvalue weighted by Crippen LogP contribution is -1.95. The van der Waals surface area contributed by atoms with E-state index in [0.717, 1.165) is 33.5 Å². The zero-order chi connectivity index (χ0) is 16.9. The first kappa shape index (κ1) is 15.8. The van der Waals surface area contributed by atoms with Crippen molar-refractivity contribution in [2.24, 2.45) is 0 Å². The number of rotatable bonds is 4. The second kappa shape index (κ2) is 7.01. The van der Waals surface area contributed by atoms with Gasteiger partial charge in [-0.3, -0.25) is 0 Å². The number of nitrogens with two attached hydrogens (primary N) is 1. The Bertz CT molecular complexity index is 871. The van der Waals surface area contributed by atoms with Crippen LogP contribution in [0.5, 0.6) is 0 Å². The van der Waals surface area contributed by atoms with Crippen molar-refractivity contribution >= 4 is 16.8 Å². The summed E-state index contributed by atoms with van der Waals surface area (Å²) >= 11 is 0. The van der Waals surface area contributed by atoms with Gasteiger partial charge in [0.25, 0.3) is 0 Å². The van der Waals surface area contributed by atoms with E-state index in [1.54, 1.807) is 0 Å². The molecule has 0 spiro atoms. The molecule has 0 aliphatic rings. The van der Waals surface area contributed by atoms with Crippen molar-refractivity contribution in [1.29, 1.82) is 0 Å². The van der Waals surface area contributed by atoms with Crippen LogP contribution in [0.2, 0.25) is 0 Å². The highest BCUT2D eigenvalue weighted by Crippen LogP contribution is 2.30. The van der Waals surface area contributed by atoms with Crippen molar-refractivity contribution < 1.29 is 0 Å². The first-order valence-electron chi connectivity index (χ1n) is 8.03. The molecule has 3 aromatic rings. The fraction of sp³-hybridized carbons (Fsp3) is 0.0435. The Balaban J connectivity index is 2.09. The molecule has 0 amide bonds. The summed E-state index contributed by atoms with van der Waals surface area (Å²) < 4.78 is 0. The fourth-order valence-electron chi connectivity index (χ4n) is 2.70. The molecule has 0 aliphatic heterocycles. The van der Waals surface area contributed by atoms with E-state index in [0.29, 0.717) is 0 Å². The summed E-state index contributed by atoms with van der Waals surface area (Å²) in [5.74, 6) is 0. The van der Waals surface area contributed by atoms with Gasteiger partial charge >= 0.3 is 0 Å². The number of aryl methyl sites for hydroxylation is 1. The summed E-state index contributed by atoms with van der Waals surface area (Å²) in [7, 11) is 0. The maximum atomic E-state index is 6.22. The van der Waals surface area contributed by atoms with E-state index in [1.165, 1.54) is 5.56 Å². The second-order valence-corrected chi connectivity index (χ2v) is 5.90. The third kappa shape index (κ3) is 3.47. The minimum Gasteiger partial charge on any atom is -0.398 e. The minimum atomic E-state index is 0.768. The number of hydrogen-bond donors (Lipinski definition) is 1. The highest BCUT2D eigenvalue weighted by molar-refractivity contribution is 5.92. The molecule has 0 saturated carbocycles. The largest absolute Gasteiger partial charge is 0.398 e. The SMILES string of the molecule is C=C(/C=C(/c1ccccc1)c1ccccc1N)c1ccc(C)cc1. The number of para-hydroxylation sites is 1. The van der Waals surface area contributed by atoms with E-state index in [4.69, 9.17) is 5.73 Å². The van der Waals surface area contributed by atoms with Gasteiger partial charge in [-0.15, -0.1) is 0 Å². The summed E-state index contributed by atoms with van der Waals surface area (Å²) in [5.41, 5.74) is 13.6. The van der Waals surface area contributed by atoms with Crippen LogP contribution >= 0.6 is 0 Å². The smallest absolute Gasteiger partial charge is 0.0393 e. The first-order valence-corrected chi connectivity index (χ1v) is 8.03. The van der Waals surface area contributed by atoms with Gasteiger partial charge in [-0.05, 0) is 41.3 Å². The average molecular weight is 311 g/mol. The summed E-state index contributed by atoms with van der Waals surface area (Å²) in [6.07, 6.45) is 2.12. The summed E-state index contributed by atoms with van der Waals surface area (Å²) in [4.78, 5) is 0. The Morgan fingerprint density at radius 1 is 0.792 bits per heavy atom. The van der Waals surface area contributed by atoms with Gasteiger partial charge in [0.05, 0.1) is 0 Å². The number of allylic oxidation sites excluding steroid dienone is 2. The summed E-state index contributed by atoms with van der Waals surface area (Å²) in [6.45, 7) is 6.34. The van der Waals surface area contributed by atoms with Gasteiger partial charge < -0.3 is 5.73 Å². The highest BCUT2D eigenvalue weighted by Gasteiger charge is 2.09. The van der Waals surface area contributed by atoms with Crippen molar-refractivity contribution in [3.63, 3.8) is 0 Å². The number of benzene rings is 3. The number of nitrogen functional groups attached to an aromatic ring is 1. The fourth-order valence-corrected chi connectivity index (χ4v) is 2.70. The van der Waals surface area contributed by atoms with Crippen LogP contribution in [-0.4, -0.2) is 0 Å². The van der Waals surface area contributed by atoms with E-state index in [2.05, 4.69) is 62.0 Å². The molecule has 0 unspecified atom stereocenters. The van der Waals surface area contributed by atoms with Crippen molar-refractivity contribution in [3.8, 4) is 0 Å². The Morgan fingerprint density at radius 3 is 2.08 bits per heavy atom. The zero-order valence-corrected chi connectivity index (χ0v) is 13.9. The molecule has 0 heterocycles. The third-order valence-corrected chi connectivity index (χ3v) is 4.08. The van der Waals surface area contributed by atoms with Crippen LogP contribution in [0.4, 0.5) is 5.69 Å². The van der Waals surface area contributed by atoms with E-state index in [-0.39, 0.29) is 0 Å². The van der Waals surface area contributed by atoms with Crippen LogP contribution in [0, 0.1) is 6.92 Å². The molecule has 1 nitrogen and oxygen atoms in total. The molecular weight excluding hydrogens is 290 g/mol. The Hall–Kier alpha value is -3.06. The zero-order valence-electron chi connectivity index (χ0n) is 13.9. The third-order valence-electron chi connectivity index (χ3n) is 4.08. The topological polar surface area (TPSA) is 26.0 Å². The van der Waals surface area contributed by atoms with Gasteiger partial charge in [0.2, 0.25) is 0 Å². The second-order valence-electron chi connectivity index (χ2n) is 5.90. The van der Waals surface area contributed by atoms with Crippen LogP contribution < -0.4 is 5.73 Å². The van der Waals surface area contributed by atoms with Crippen LogP contribution in [0.1, 0.15) is 22.3 Å². The molecule has 1 heteroatoms. The highest BCUT2D eigenvalue weighted by atomic mass is 14.6. The molecule has 118 valence electrons. The van der Waals surface area contributed by atoms with Crippen molar-refractivity contribution in [2.45, 2.75) is 6.92 Å². The standard InChI is InChI=1S/C23H21N/c1-17-12-14-19(15-13-17)18(2)16-22(20-8-4-3-5-9-20)21-10-6-7-11-23(21)24/h3-16H,2,24H2,1H3/b22-16-. The molecule has 0 aliphatic carbocycles. The average Bonchev–Trinajstić information content (AvgIpc) is 2.61. The first-order chi connectivity index (χ1) is 11.6. The van der Waals surface area contributed by atoms with Crippen molar-refractivity contribution in [3.05, 3.63) is 114 Å². The molecule has 0 fully saturated rings. The van der Waals surface area contributed by atoms with Gasteiger partial charge in [0, 0.05) is 11.3 Å². The van der Waals surface area contributed by atoms with Crippen molar-refractivity contribution in [1.82, 2.24) is 0 Å². The molecule has 0 radical (unpaired) electrons. The molecule has 2 N–H and O–H groups in total. The normalized spacial score (nSPS) is 11.3. The van der Waals surface area contributed by atoms with Crippen LogP contribution in [0.3, 0.4) is 0 Å². The quantitative estimate of drug-likeness (QED) is 0.484. The maximum absolute atomic E-state index is 6.22. The van der Waals surface area contributed by atoms with E-state index >= 15 is 0 Å². The van der Waals surface area contributed by atoms with Crippen LogP contribution in [0.25, 0.3) is 11.1 Å². The molecule has 0 aromatic heterocycles. The van der Waals surface area contributed by atoms with Gasteiger partial charge in [0.1, 0.15) is 0 Å². The van der Waals surface area contributed by atoms with Crippen molar-refractivity contribution in [2.75, 3.05) is 5.73 Å². The molecule has 0 atom stereocenters. The summed E-state index contributed by atoms with van der Waals surface area (Å²) in [5, 5.41) is 0. The predicted molar refractivity (Wildman–Crippen MR) is 105 cm³/mol. The van der Waals surface area contributed by atoms with E-state index < -0.39 is 0 Å². The molecule has 0 bridgehead atoms. The van der Waals surface area contributed by atoms with Gasteiger partial charge in [-0.1, -0.05) is 84.9 Å². The van der Waals surface area contributed by atoms with Crippen LogP contribution in [-0.2, 0) is 0 Å². The monoisotopic (exact) mass is 311 g/mol. The van der Waals surface area contributed by atoms with E-state index in [1.807, 2.05) is 36.4 Å². The Labute approximate surface area is 143 Å². The van der Waals surface area contributed by atoms with Gasteiger partial charge in [0.15, 0.2) is 0 Å². The lowest BCUT2D eigenvalue weighted by Gasteiger charge is -2.12. The van der Waals surface area contributed by atoms with Crippen LogP contribution in [0.15, 0.2) is 91.5 Å². The molecule has 3 rings (SSSR count). The molecule has 24 heavy (non-hydrogen) atoms. The summed E-state index contributed by atoms with van der Waals surface area (Å²) in [6, 6.07) is 26.7. The van der Waals surface area contributed by atoms with Gasteiger partial charge in [-0.2, -0.15) is 0 Å². The molecule has 0 saturated heterocycles. The van der Waals surface area contributed by atoms with E-state index in [9.17, 15) is 0 Å². The Kier molecular flexibility index (Phi) is 4.62. The lowest BCUT2D eigenvalue weighted by atomic mass is 9.93. The number of hydrogen-bond acceptors (Lipinski definition) is 1. The maximum Gasteiger partial charge on any atom is 0.0393 e. The molecule has 3 aromatic carbocycles. The lowest BCUT2D eigenvalue weighted by molar-refractivity contribution is 1.45. The molecular formula is C23H21N. The Morgan fingerprint density at radius 2 is 1.42 bits per heavy atom. The van der Waals surface area contributed by atoms with Gasteiger partial charge in [-0.25, -0.2) is 0 Å². The minimum absolute atomic E-state index is 0.768.